The molecule has 2 aliphatic heterocycles. The van der Waals surface area contributed by atoms with Gasteiger partial charge >= 0.3 is 10.4 Å². The van der Waals surface area contributed by atoms with E-state index in [-0.39, 0.29) is 54.8 Å². The monoisotopic (exact) mass is 823 g/mol. The van der Waals surface area contributed by atoms with E-state index in [0.717, 1.165) is 40.2 Å². The van der Waals surface area contributed by atoms with Gasteiger partial charge in [0.05, 0.1) is 40.1 Å². The molecule has 4 aromatic rings. The topological polar surface area (TPSA) is 128 Å². The Morgan fingerprint density at radius 1 is 0.754 bits per heavy atom. The summed E-state index contributed by atoms with van der Waals surface area (Å²) < 4.78 is 85.5. The van der Waals surface area contributed by atoms with E-state index in [1.54, 1.807) is 7.11 Å². The molecule has 2 fully saturated rings. The normalized spacial score (nSPS) is 25.8. The molecule has 6 rings (SSSR count). The molecule has 1 unspecified atom stereocenters. The van der Waals surface area contributed by atoms with Crippen molar-refractivity contribution in [2.45, 2.75) is 88.6 Å². The summed E-state index contributed by atoms with van der Waals surface area (Å²) in [5.41, 5.74) is 3.83. The van der Waals surface area contributed by atoms with Crippen LogP contribution < -0.4 is 4.74 Å². The number of ether oxygens (including phenoxy) is 7. The van der Waals surface area contributed by atoms with E-state index in [4.69, 9.17) is 37.3 Å². The zero-order valence-electron chi connectivity index (χ0n) is 32.8. The van der Waals surface area contributed by atoms with Crippen LogP contribution in [0.15, 0.2) is 115 Å². The van der Waals surface area contributed by atoms with Crippen molar-refractivity contribution in [3.8, 4) is 5.75 Å². The summed E-state index contributed by atoms with van der Waals surface area (Å²) in [6, 6.07) is 36.9. The third kappa shape index (κ3) is 12.8. The molecule has 0 spiro atoms. The Bertz CT molecular complexity index is 1850. The summed E-state index contributed by atoms with van der Waals surface area (Å²) in [5.74, 6) is 2.25. The fourth-order valence-electron chi connectivity index (χ4n) is 7.52. The molecule has 0 aromatic heterocycles. The molecular weight excluding hydrogens is 769 g/mol. The molecule has 308 valence electrons. The average molecular weight is 824 g/mol. The summed E-state index contributed by atoms with van der Waals surface area (Å²) in [5, 5.41) is 0.290. The highest BCUT2D eigenvalue weighted by molar-refractivity contribution is 7.97. The van der Waals surface area contributed by atoms with Gasteiger partial charge in [-0.3, -0.25) is 4.55 Å². The molecule has 0 radical (unpaired) electrons. The highest BCUT2D eigenvalue weighted by Gasteiger charge is 2.53. The van der Waals surface area contributed by atoms with Gasteiger partial charge < -0.3 is 33.2 Å². The van der Waals surface area contributed by atoms with Gasteiger partial charge in [0.15, 0.2) is 0 Å². The van der Waals surface area contributed by atoms with Crippen molar-refractivity contribution in [2.24, 2.45) is 5.92 Å². The quantitative estimate of drug-likeness (QED) is 0.0736. The van der Waals surface area contributed by atoms with Gasteiger partial charge in [-0.2, -0.15) is 8.42 Å². The fourth-order valence-corrected chi connectivity index (χ4v) is 11.4. The zero-order valence-corrected chi connectivity index (χ0v) is 34.4. The molecule has 0 amide bonds. The summed E-state index contributed by atoms with van der Waals surface area (Å²) >= 11 is 0. The van der Waals surface area contributed by atoms with Crippen molar-refractivity contribution in [3.05, 3.63) is 138 Å². The van der Waals surface area contributed by atoms with E-state index in [0.29, 0.717) is 19.0 Å². The van der Waals surface area contributed by atoms with Crippen LogP contribution >= 0.6 is 0 Å². The fraction of sp³-hybridized carbons (Fsp3) is 0.455. The van der Waals surface area contributed by atoms with Crippen molar-refractivity contribution >= 4 is 21.3 Å². The minimum Gasteiger partial charge on any atom is -0.497 e. The van der Waals surface area contributed by atoms with Crippen molar-refractivity contribution in [1.82, 2.24) is 0 Å². The average Bonchev–Trinajstić information content (AvgIpc) is 3.43. The van der Waals surface area contributed by atoms with Crippen LogP contribution in [0.25, 0.3) is 0 Å². The largest absolute Gasteiger partial charge is 0.497 e. The summed E-state index contributed by atoms with van der Waals surface area (Å²) in [6.45, 7) is 5.42. The molecule has 0 saturated carbocycles. The smallest absolute Gasteiger partial charge is 0.397 e. The van der Waals surface area contributed by atoms with Gasteiger partial charge in [0.2, 0.25) is 0 Å². The van der Waals surface area contributed by atoms with E-state index in [2.05, 4.69) is 13.8 Å². The first-order valence-electron chi connectivity index (χ1n) is 19.4. The molecule has 2 saturated heterocycles. The van der Waals surface area contributed by atoms with E-state index >= 15 is 0 Å². The van der Waals surface area contributed by atoms with Crippen LogP contribution in [-0.2, 0) is 80.3 Å². The Morgan fingerprint density at radius 2 is 1.33 bits per heavy atom. The predicted octanol–water partition coefficient (Wildman–Crippen LogP) is 6.94. The molecule has 2 heterocycles. The van der Waals surface area contributed by atoms with Crippen molar-refractivity contribution < 1.29 is 50.3 Å². The lowest BCUT2D eigenvalue weighted by molar-refractivity contribution is -0.183. The highest BCUT2D eigenvalue weighted by Crippen LogP contribution is 2.37. The SMILES string of the molecule is CC[C@@H]1[C@@H](C)[C@H](OCc2ccc(OC)cc2)C[S+]1C[C@H]1OCO[C@H]([C@@H](COCc2ccccc2)OCc2ccccc2)[C@@H](OCc2ccccc2)[C@@H]1OS(=O)(=O)O. The maximum Gasteiger partial charge on any atom is 0.397 e. The molecule has 4 aromatic carbocycles. The summed E-state index contributed by atoms with van der Waals surface area (Å²) in [4.78, 5) is 0. The van der Waals surface area contributed by atoms with E-state index in [1.165, 1.54) is 0 Å². The molecule has 2 aliphatic rings. The molecule has 57 heavy (non-hydrogen) atoms. The van der Waals surface area contributed by atoms with Crippen molar-refractivity contribution in [2.75, 3.05) is 32.0 Å². The Hall–Kier alpha value is -3.34. The molecule has 0 bridgehead atoms. The van der Waals surface area contributed by atoms with Crippen molar-refractivity contribution in [3.63, 3.8) is 0 Å². The minimum atomic E-state index is -4.98. The Balaban J connectivity index is 1.26. The van der Waals surface area contributed by atoms with Gasteiger partial charge in [-0.05, 0) is 51.7 Å². The maximum atomic E-state index is 12.7. The molecule has 13 heteroatoms. The van der Waals surface area contributed by atoms with Gasteiger partial charge in [-0.25, -0.2) is 4.18 Å². The van der Waals surface area contributed by atoms with Crippen molar-refractivity contribution in [1.29, 1.82) is 0 Å². The molecule has 1 N–H and O–H groups in total. The van der Waals surface area contributed by atoms with E-state index in [9.17, 15) is 13.0 Å². The Kier molecular flexibility index (Phi) is 16.4. The first-order chi connectivity index (χ1) is 27.7. The van der Waals surface area contributed by atoms with Crippen LogP contribution in [0.3, 0.4) is 0 Å². The molecule has 11 nitrogen and oxygen atoms in total. The predicted molar refractivity (Wildman–Crippen MR) is 219 cm³/mol. The molecular formula is C44H55O11S2+. The summed E-state index contributed by atoms with van der Waals surface area (Å²) in [6.07, 6.45) is -3.94. The first-order valence-corrected chi connectivity index (χ1v) is 22.4. The van der Waals surface area contributed by atoms with Gasteiger partial charge in [0.1, 0.15) is 65.9 Å². The molecule has 0 aliphatic carbocycles. The summed E-state index contributed by atoms with van der Waals surface area (Å²) in [7, 11) is -3.61. The van der Waals surface area contributed by atoms with Crippen LogP contribution in [0.4, 0.5) is 0 Å². The lowest BCUT2D eigenvalue weighted by Gasteiger charge is -2.35. The van der Waals surface area contributed by atoms with Crippen LogP contribution in [0.5, 0.6) is 5.75 Å². The number of rotatable bonds is 20. The Morgan fingerprint density at radius 3 is 1.93 bits per heavy atom. The van der Waals surface area contributed by atoms with Gasteiger partial charge in [-0.15, -0.1) is 0 Å². The Labute approximate surface area is 340 Å². The number of hydrogen-bond acceptors (Lipinski definition) is 10. The maximum absolute atomic E-state index is 12.7. The number of methoxy groups -OCH3 is 1. The van der Waals surface area contributed by atoms with Gasteiger partial charge in [0, 0.05) is 5.92 Å². The van der Waals surface area contributed by atoms with Crippen LogP contribution in [0.2, 0.25) is 0 Å². The van der Waals surface area contributed by atoms with Gasteiger partial charge in [-0.1, -0.05) is 117 Å². The lowest BCUT2D eigenvalue weighted by Crippen LogP contribution is -2.54. The number of benzene rings is 4. The van der Waals surface area contributed by atoms with E-state index < -0.39 is 40.9 Å². The van der Waals surface area contributed by atoms with Crippen LogP contribution in [-0.4, -0.2) is 86.9 Å². The van der Waals surface area contributed by atoms with Gasteiger partial charge in [0.25, 0.3) is 0 Å². The first kappa shape index (κ1) is 43.2. The lowest BCUT2D eigenvalue weighted by atomic mass is 9.99. The second kappa shape index (κ2) is 21.6. The minimum absolute atomic E-state index is 0.0150. The molecule has 9 atom stereocenters. The third-order valence-electron chi connectivity index (χ3n) is 10.5. The third-order valence-corrected chi connectivity index (χ3v) is 14.1. The van der Waals surface area contributed by atoms with Crippen LogP contribution in [0.1, 0.15) is 42.5 Å². The van der Waals surface area contributed by atoms with Crippen LogP contribution in [0, 0.1) is 5.92 Å². The second-order valence-corrected chi connectivity index (χ2v) is 17.8. The van der Waals surface area contributed by atoms with E-state index in [1.807, 2.05) is 115 Å². The highest BCUT2D eigenvalue weighted by atomic mass is 32.3. The second-order valence-electron chi connectivity index (χ2n) is 14.4. The standard InChI is InChI=1S/C44H54O11S2/c1-4-41-32(2)39(51-26-36-20-22-37(48-3)23-21-36)29-56(41)30-40-43(55-57(45,46)47)44(52-27-35-18-12-7-13-19-35)42(54-31-53-40)38(50-25-34-16-10-6-11-17-34)28-49-24-33-14-8-5-9-15-33/h5-23,32,38-44H,4,24-31H2,1-3H3/p+1/t32-,38+,39+,40+,41+,42+,43+,44+,56?/m0/s1. The number of hydrogen-bond donors (Lipinski definition) is 1. The zero-order chi connectivity index (χ0) is 40.0.